The van der Waals surface area contributed by atoms with Gasteiger partial charge in [0.2, 0.25) is 11.8 Å². The Hall–Kier alpha value is -3.21. The molecule has 0 spiro atoms. The van der Waals surface area contributed by atoms with E-state index >= 15 is 0 Å². The zero-order valence-electron chi connectivity index (χ0n) is 16.5. The van der Waals surface area contributed by atoms with E-state index in [-0.39, 0.29) is 23.7 Å². The first kappa shape index (κ1) is 19.1. The van der Waals surface area contributed by atoms with E-state index in [0.717, 1.165) is 53.5 Å². The zero-order valence-corrected chi connectivity index (χ0v) is 16.5. The van der Waals surface area contributed by atoms with Crippen molar-refractivity contribution in [3.63, 3.8) is 0 Å². The molecule has 148 valence electrons. The number of rotatable bonds is 4. The van der Waals surface area contributed by atoms with Crippen molar-refractivity contribution in [2.75, 3.05) is 10.6 Å². The molecule has 1 fully saturated rings. The van der Waals surface area contributed by atoms with Crippen LogP contribution in [0.15, 0.2) is 60.8 Å². The number of fused-ring (bicyclic) bond motifs is 1. The maximum Gasteiger partial charge on any atom is 0.227 e. The summed E-state index contributed by atoms with van der Waals surface area (Å²) in [6.45, 7) is 1.99. The molecule has 2 N–H and O–H groups in total. The molecule has 2 amide bonds. The van der Waals surface area contributed by atoms with Gasteiger partial charge >= 0.3 is 0 Å². The third-order valence-electron chi connectivity index (χ3n) is 5.76. The second-order valence-corrected chi connectivity index (χ2v) is 7.72. The molecule has 2 aromatic carbocycles. The van der Waals surface area contributed by atoms with Crippen LogP contribution in [0.5, 0.6) is 0 Å². The Morgan fingerprint density at radius 1 is 0.793 bits per heavy atom. The van der Waals surface area contributed by atoms with Crippen LogP contribution in [-0.4, -0.2) is 16.8 Å². The topological polar surface area (TPSA) is 71.1 Å². The molecule has 0 unspecified atom stereocenters. The van der Waals surface area contributed by atoms with E-state index in [0.29, 0.717) is 0 Å². The summed E-state index contributed by atoms with van der Waals surface area (Å²) in [5.41, 5.74) is 3.46. The summed E-state index contributed by atoms with van der Waals surface area (Å²) in [4.78, 5) is 29.8. The molecule has 0 atom stereocenters. The van der Waals surface area contributed by atoms with Crippen molar-refractivity contribution < 1.29 is 9.59 Å². The molecule has 1 aliphatic carbocycles. The van der Waals surface area contributed by atoms with Gasteiger partial charge in [-0.25, -0.2) is 0 Å². The highest BCUT2D eigenvalue weighted by molar-refractivity contribution is 6.01. The molecular formula is C24H25N3O2. The number of carbonyl (C=O) groups excluding carboxylic acids is 2. The van der Waals surface area contributed by atoms with Crippen LogP contribution in [0, 0.1) is 18.8 Å². The van der Waals surface area contributed by atoms with E-state index in [9.17, 15) is 9.59 Å². The van der Waals surface area contributed by atoms with Crippen LogP contribution < -0.4 is 10.6 Å². The van der Waals surface area contributed by atoms with Gasteiger partial charge in [-0.2, -0.15) is 0 Å². The normalized spacial score (nSPS) is 18.9. The molecule has 0 aliphatic heterocycles. The molecule has 3 aromatic rings. The maximum atomic E-state index is 12.8. The average molecular weight is 387 g/mol. The van der Waals surface area contributed by atoms with Crippen molar-refractivity contribution in [3.8, 4) is 0 Å². The number of hydrogen-bond donors (Lipinski definition) is 2. The Bertz CT molecular complexity index is 1030. The van der Waals surface area contributed by atoms with Crippen LogP contribution in [0.3, 0.4) is 0 Å². The van der Waals surface area contributed by atoms with Gasteiger partial charge in [0.05, 0.1) is 11.2 Å². The van der Waals surface area contributed by atoms with Crippen molar-refractivity contribution >= 4 is 34.1 Å². The maximum absolute atomic E-state index is 12.8. The van der Waals surface area contributed by atoms with E-state index in [1.165, 1.54) is 0 Å². The number of aromatic nitrogens is 1. The van der Waals surface area contributed by atoms with Gasteiger partial charge in [-0.3, -0.25) is 14.6 Å². The van der Waals surface area contributed by atoms with Gasteiger partial charge in [0.25, 0.3) is 0 Å². The summed E-state index contributed by atoms with van der Waals surface area (Å²) in [5.74, 6) is -0.0494. The highest BCUT2D eigenvalue weighted by Gasteiger charge is 2.30. The summed E-state index contributed by atoms with van der Waals surface area (Å²) in [7, 11) is 0. The fourth-order valence-electron chi connectivity index (χ4n) is 4.01. The molecule has 5 nitrogen and oxygen atoms in total. The molecule has 1 aliphatic rings. The molecule has 29 heavy (non-hydrogen) atoms. The Balaban J connectivity index is 1.35. The lowest BCUT2D eigenvalue weighted by Gasteiger charge is -2.27. The van der Waals surface area contributed by atoms with Crippen molar-refractivity contribution in [2.45, 2.75) is 32.6 Å². The monoisotopic (exact) mass is 387 g/mol. The first-order valence-electron chi connectivity index (χ1n) is 10.1. The Labute approximate surface area is 170 Å². The summed E-state index contributed by atoms with van der Waals surface area (Å²) in [5, 5.41) is 7.08. The SMILES string of the molecule is Cc1ccccc1NC(=O)C1CCC(C(=O)Nc2cccc3cccnc23)CC1. The van der Waals surface area contributed by atoms with E-state index in [1.54, 1.807) is 6.20 Å². The van der Waals surface area contributed by atoms with Crippen molar-refractivity contribution in [1.82, 2.24) is 4.98 Å². The third-order valence-corrected chi connectivity index (χ3v) is 5.76. The fourth-order valence-corrected chi connectivity index (χ4v) is 4.01. The van der Waals surface area contributed by atoms with E-state index in [4.69, 9.17) is 0 Å². The Kier molecular flexibility index (Phi) is 5.56. The minimum atomic E-state index is -0.0727. The summed E-state index contributed by atoms with van der Waals surface area (Å²) in [6, 6.07) is 17.4. The smallest absolute Gasteiger partial charge is 0.227 e. The van der Waals surface area contributed by atoms with Crippen molar-refractivity contribution in [1.29, 1.82) is 0 Å². The van der Waals surface area contributed by atoms with Gasteiger partial charge < -0.3 is 10.6 Å². The number of aryl methyl sites for hydroxylation is 1. The van der Waals surface area contributed by atoms with E-state index in [2.05, 4.69) is 15.6 Å². The highest BCUT2D eigenvalue weighted by atomic mass is 16.2. The quantitative estimate of drug-likeness (QED) is 0.667. The van der Waals surface area contributed by atoms with Crippen molar-refractivity contribution in [3.05, 3.63) is 66.4 Å². The van der Waals surface area contributed by atoms with Crippen LogP contribution in [-0.2, 0) is 9.59 Å². The number of pyridine rings is 1. The van der Waals surface area contributed by atoms with E-state index in [1.807, 2.05) is 61.5 Å². The van der Waals surface area contributed by atoms with Crippen LogP contribution in [0.25, 0.3) is 10.9 Å². The van der Waals surface area contributed by atoms with Gasteiger partial charge in [0, 0.05) is 29.1 Å². The molecule has 1 saturated carbocycles. The van der Waals surface area contributed by atoms with Crippen LogP contribution in [0.1, 0.15) is 31.2 Å². The summed E-state index contributed by atoms with van der Waals surface area (Å²) >= 11 is 0. The van der Waals surface area contributed by atoms with Gasteiger partial charge in [0.15, 0.2) is 0 Å². The average Bonchev–Trinajstić information content (AvgIpc) is 2.75. The number of nitrogens with one attached hydrogen (secondary N) is 2. The predicted octanol–water partition coefficient (Wildman–Crippen LogP) is 4.93. The minimum Gasteiger partial charge on any atom is -0.326 e. The molecule has 0 radical (unpaired) electrons. The first-order valence-corrected chi connectivity index (χ1v) is 10.1. The second-order valence-electron chi connectivity index (χ2n) is 7.72. The number of amides is 2. The molecule has 1 heterocycles. The third kappa shape index (κ3) is 4.29. The van der Waals surface area contributed by atoms with Gasteiger partial charge in [-0.1, -0.05) is 36.4 Å². The number of nitrogens with zero attached hydrogens (tertiary/aromatic N) is 1. The second kappa shape index (κ2) is 8.43. The molecule has 1 aromatic heterocycles. The molecule has 0 saturated heterocycles. The Morgan fingerprint density at radius 3 is 2.07 bits per heavy atom. The number of benzene rings is 2. The van der Waals surface area contributed by atoms with Gasteiger partial charge in [0.1, 0.15) is 0 Å². The van der Waals surface area contributed by atoms with Gasteiger partial charge in [-0.15, -0.1) is 0 Å². The van der Waals surface area contributed by atoms with Crippen LogP contribution >= 0.6 is 0 Å². The molecule has 4 rings (SSSR count). The largest absolute Gasteiger partial charge is 0.326 e. The summed E-state index contributed by atoms with van der Waals surface area (Å²) in [6.07, 6.45) is 4.62. The van der Waals surface area contributed by atoms with Crippen LogP contribution in [0.2, 0.25) is 0 Å². The van der Waals surface area contributed by atoms with Gasteiger partial charge in [-0.05, 0) is 56.4 Å². The highest BCUT2D eigenvalue weighted by Crippen LogP contribution is 2.31. The number of hydrogen-bond acceptors (Lipinski definition) is 3. The van der Waals surface area contributed by atoms with E-state index < -0.39 is 0 Å². The first-order chi connectivity index (χ1) is 14.1. The summed E-state index contributed by atoms with van der Waals surface area (Å²) < 4.78 is 0. The fraction of sp³-hybridized carbons (Fsp3) is 0.292. The number of anilines is 2. The number of para-hydroxylation sites is 2. The minimum absolute atomic E-state index is 0.0147. The molecule has 0 bridgehead atoms. The van der Waals surface area contributed by atoms with Crippen LogP contribution in [0.4, 0.5) is 11.4 Å². The lowest BCUT2D eigenvalue weighted by molar-refractivity contribution is -0.125. The predicted molar refractivity (Wildman–Crippen MR) is 116 cm³/mol. The molecular weight excluding hydrogens is 362 g/mol. The lowest BCUT2D eigenvalue weighted by atomic mass is 9.81. The molecule has 5 heteroatoms. The van der Waals surface area contributed by atoms with Crippen molar-refractivity contribution in [2.24, 2.45) is 11.8 Å². The zero-order chi connectivity index (χ0) is 20.2. The number of carbonyl (C=O) groups is 2. The standard InChI is InChI=1S/C24H25N3O2/c1-16-6-2-3-9-20(16)26-23(28)18-11-13-19(14-12-18)24(29)27-21-10-4-7-17-8-5-15-25-22(17)21/h2-10,15,18-19H,11-14H2,1H3,(H,26,28)(H,27,29). The Morgan fingerprint density at radius 2 is 1.38 bits per heavy atom. The lowest BCUT2D eigenvalue weighted by Crippen LogP contribution is -2.32.